The van der Waals surface area contributed by atoms with Gasteiger partial charge in [0.2, 0.25) is 11.8 Å². The molecule has 136 valence electrons. The Labute approximate surface area is 152 Å². The number of rotatable bonds is 6. The van der Waals surface area contributed by atoms with Gasteiger partial charge in [0.15, 0.2) is 0 Å². The lowest BCUT2D eigenvalue weighted by molar-refractivity contribution is -0.123. The number of anilines is 1. The second-order valence-corrected chi connectivity index (χ2v) is 5.99. The van der Waals surface area contributed by atoms with Crippen LogP contribution >= 0.6 is 0 Å². The van der Waals surface area contributed by atoms with E-state index in [-0.39, 0.29) is 24.8 Å². The van der Waals surface area contributed by atoms with Gasteiger partial charge in [-0.2, -0.15) is 0 Å². The second-order valence-electron chi connectivity index (χ2n) is 5.99. The number of hydrogen-bond donors (Lipinski definition) is 1. The van der Waals surface area contributed by atoms with Gasteiger partial charge in [-0.05, 0) is 36.2 Å². The predicted molar refractivity (Wildman–Crippen MR) is 98.6 cm³/mol. The number of fused-ring (bicyclic) bond motifs is 1. The van der Waals surface area contributed by atoms with E-state index in [0.717, 1.165) is 11.3 Å². The van der Waals surface area contributed by atoms with Crippen molar-refractivity contribution in [3.8, 4) is 11.5 Å². The highest BCUT2D eigenvalue weighted by Crippen LogP contribution is 2.30. The molecule has 6 heteroatoms. The zero-order chi connectivity index (χ0) is 18.4. The summed E-state index contributed by atoms with van der Waals surface area (Å²) in [6.07, 6.45) is 0.969. The van der Waals surface area contributed by atoms with Crippen molar-refractivity contribution in [2.75, 3.05) is 31.7 Å². The molecule has 26 heavy (non-hydrogen) atoms. The van der Waals surface area contributed by atoms with E-state index < -0.39 is 0 Å². The van der Waals surface area contributed by atoms with Gasteiger partial charge < -0.3 is 14.8 Å². The maximum atomic E-state index is 12.3. The summed E-state index contributed by atoms with van der Waals surface area (Å²) in [5.74, 6) is 1.13. The van der Waals surface area contributed by atoms with Gasteiger partial charge in [-0.25, -0.2) is 0 Å². The molecule has 0 saturated heterocycles. The van der Waals surface area contributed by atoms with Crippen LogP contribution in [-0.2, 0) is 16.0 Å². The summed E-state index contributed by atoms with van der Waals surface area (Å²) in [6, 6.07) is 15.0. The highest BCUT2D eigenvalue weighted by molar-refractivity contribution is 6.00. The van der Waals surface area contributed by atoms with E-state index in [0.29, 0.717) is 31.0 Å². The summed E-state index contributed by atoms with van der Waals surface area (Å²) in [5.41, 5.74) is 1.75. The molecule has 3 rings (SSSR count). The first-order chi connectivity index (χ1) is 12.7. The predicted octanol–water partition coefficient (Wildman–Crippen LogP) is 2.17. The average molecular weight is 354 g/mol. The number of methoxy groups -OCH3 is 1. The lowest BCUT2D eigenvalue weighted by Gasteiger charge is -2.21. The molecule has 1 N–H and O–H groups in total. The number of carbonyl (C=O) groups is 2. The fourth-order valence-corrected chi connectivity index (χ4v) is 2.83. The molecular weight excluding hydrogens is 332 g/mol. The van der Waals surface area contributed by atoms with Gasteiger partial charge in [0.25, 0.3) is 0 Å². The van der Waals surface area contributed by atoms with Gasteiger partial charge in [-0.15, -0.1) is 0 Å². The minimum absolute atomic E-state index is 0.0121. The average Bonchev–Trinajstić information content (AvgIpc) is 2.82. The molecule has 0 aromatic heterocycles. The minimum Gasteiger partial charge on any atom is -0.497 e. The van der Waals surface area contributed by atoms with E-state index in [1.807, 2.05) is 42.5 Å². The van der Waals surface area contributed by atoms with Crippen molar-refractivity contribution in [1.29, 1.82) is 0 Å². The molecule has 0 saturated carbocycles. The van der Waals surface area contributed by atoms with Crippen molar-refractivity contribution >= 4 is 17.5 Å². The van der Waals surface area contributed by atoms with Crippen LogP contribution in [0.15, 0.2) is 48.5 Å². The largest absolute Gasteiger partial charge is 0.497 e. The lowest BCUT2D eigenvalue weighted by Crippen LogP contribution is -2.41. The van der Waals surface area contributed by atoms with Crippen molar-refractivity contribution in [2.45, 2.75) is 12.8 Å². The van der Waals surface area contributed by atoms with E-state index in [1.54, 1.807) is 13.2 Å². The van der Waals surface area contributed by atoms with Gasteiger partial charge in [0.1, 0.15) is 18.0 Å². The molecule has 0 bridgehead atoms. The number of ether oxygens (including phenoxy) is 2. The highest BCUT2D eigenvalue weighted by Gasteiger charge is 2.24. The molecule has 0 unspecified atom stereocenters. The maximum absolute atomic E-state index is 12.3. The number of carbonyl (C=O) groups excluding carboxylic acids is 2. The molecular formula is C20H22N2O4. The van der Waals surface area contributed by atoms with Crippen molar-refractivity contribution in [2.24, 2.45) is 0 Å². The normalized spacial score (nSPS) is 13.4. The molecule has 2 aromatic carbocycles. The van der Waals surface area contributed by atoms with Crippen LogP contribution < -0.4 is 19.7 Å². The van der Waals surface area contributed by atoms with Crippen LogP contribution in [0.4, 0.5) is 5.69 Å². The number of amides is 2. The topological polar surface area (TPSA) is 67.9 Å². The Morgan fingerprint density at radius 3 is 2.73 bits per heavy atom. The smallest absolute Gasteiger partial charge is 0.240 e. The van der Waals surface area contributed by atoms with Gasteiger partial charge in [-0.3, -0.25) is 14.5 Å². The molecule has 0 spiro atoms. The van der Waals surface area contributed by atoms with Crippen LogP contribution in [0.25, 0.3) is 0 Å². The quantitative estimate of drug-likeness (QED) is 0.863. The van der Waals surface area contributed by atoms with Crippen LogP contribution in [0.2, 0.25) is 0 Å². The first-order valence-electron chi connectivity index (χ1n) is 8.59. The lowest BCUT2D eigenvalue weighted by atomic mass is 10.1. The summed E-state index contributed by atoms with van der Waals surface area (Å²) in [6.45, 7) is 0.818. The molecule has 6 nitrogen and oxygen atoms in total. The molecule has 1 aliphatic heterocycles. The Kier molecular flexibility index (Phi) is 5.73. The SMILES string of the molecule is COc1ccc(CCNC(=O)CN2C(=O)CCOc3ccccc32)cc1. The van der Waals surface area contributed by atoms with Crippen molar-refractivity contribution in [1.82, 2.24) is 5.32 Å². The molecule has 1 aliphatic rings. The third-order valence-electron chi connectivity index (χ3n) is 4.23. The van der Waals surface area contributed by atoms with E-state index in [4.69, 9.17) is 9.47 Å². The zero-order valence-electron chi connectivity index (χ0n) is 14.7. The fourth-order valence-electron chi connectivity index (χ4n) is 2.83. The standard InChI is InChI=1S/C20H22N2O4/c1-25-16-8-6-15(7-9-16)10-12-21-19(23)14-22-17-4-2-3-5-18(17)26-13-11-20(22)24/h2-9H,10-14H2,1H3,(H,21,23). The number of para-hydroxylation sites is 2. The second kappa shape index (κ2) is 8.38. The summed E-state index contributed by atoms with van der Waals surface area (Å²) < 4.78 is 10.7. The first-order valence-corrected chi connectivity index (χ1v) is 8.59. The Balaban J connectivity index is 1.56. The summed E-state index contributed by atoms with van der Waals surface area (Å²) in [4.78, 5) is 26.1. The van der Waals surface area contributed by atoms with Gasteiger partial charge >= 0.3 is 0 Å². The summed E-state index contributed by atoms with van der Waals surface area (Å²) in [5, 5.41) is 2.87. The fraction of sp³-hybridized carbons (Fsp3) is 0.300. The Morgan fingerprint density at radius 2 is 1.96 bits per heavy atom. The van der Waals surface area contributed by atoms with E-state index >= 15 is 0 Å². The van der Waals surface area contributed by atoms with Gasteiger partial charge in [0.05, 0.1) is 25.8 Å². The Hall–Kier alpha value is -3.02. The highest BCUT2D eigenvalue weighted by atomic mass is 16.5. The molecule has 2 aromatic rings. The number of hydrogen-bond acceptors (Lipinski definition) is 4. The molecule has 1 heterocycles. The number of nitrogens with one attached hydrogen (secondary N) is 1. The van der Waals surface area contributed by atoms with Crippen molar-refractivity contribution in [3.63, 3.8) is 0 Å². The van der Waals surface area contributed by atoms with E-state index in [1.165, 1.54) is 4.90 Å². The van der Waals surface area contributed by atoms with Crippen LogP contribution in [0.3, 0.4) is 0 Å². The van der Waals surface area contributed by atoms with E-state index in [2.05, 4.69) is 5.32 Å². The van der Waals surface area contributed by atoms with Gasteiger partial charge in [0, 0.05) is 6.54 Å². The first kappa shape index (κ1) is 17.8. The van der Waals surface area contributed by atoms with Crippen molar-refractivity contribution in [3.05, 3.63) is 54.1 Å². The monoisotopic (exact) mass is 354 g/mol. The van der Waals surface area contributed by atoms with Crippen LogP contribution in [0.1, 0.15) is 12.0 Å². The molecule has 0 fully saturated rings. The number of nitrogens with zero attached hydrogens (tertiary/aromatic N) is 1. The minimum atomic E-state index is -0.191. The van der Waals surface area contributed by atoms with E-state index in [9.17, 15) is 9.59 Å². The zero-order valence-corrected chi connectivity index (χ0v) is 14.7. The summed E-state index contributed by atoms with van der Waals surface area (Å²) in [7, 11) is 1.63. The Morgan fingerprint density at radius 1 is 1.19 bits per heavy atom. The van der Waals surface area contributed by atoms with Gasteiger partial charge in [-0.1, -0.05) is 24.3 Å². The maximum Gasteiger partial charge on any atom is 0.240 e. The number of benzene rings is 2. The third-order valence-corrected chi connectivity index (χ3v) is 4.23. The molecule has 2 amide bonds. The molecule has 0 aliphatic carbocycles. The van der Waals surface area contributed by atoms with Crippen LogP contribution in [0.5, 0.6) is 11.5 Å². The Bertz CT molecular complexity index is 774. The summed E-state index contributed by atoms with van der Waals surface area (Å²) >= 11 is 0. The van der Waals surface area contributed by atoms with Crippen LogP contribution in [0, 0.1) is 0 Å². The molecule has 0 atom stereocenters. The molecule has 0 radical (unpaired) electrons. The van der Waals surface area contributed by atoms with Crippen molar-refractivity contribution < 1.29 is 19.1 Å². The third kappa shape index (κ3) is 4.33. The van der Waals surface area contributed by atoms with Crippen LogP contribution in [-0.4, -0.2) is 38.6 Å².